The number of hydrogen-bond acceptors (Lipinski definition) is 1. The van der Waals surface area contributed by atoms with Gasteiger partial charge in [0.25, 0.3) is 0 Å². The zero-order chi connectivity index (χ0) is 11.0. The predicted octanol–water partition coefficient (Wildman–Crippen LogP) is 3.53. The molecular weight excluding hydrogens is 264 g/mol. The minimum atomic E-state index is -0.554. The summed E-state index contributed by atoms with van der Waals surface area (Å²) < 4.78 is 27.5. The summed E-state index contributed by atoms with van der Waals surface area (Å²) in [6, 6.07) is 2.01. The molecule has 1 fully saturated rings. The van der Waals surface area contributed by atoms with E-state index in [9.17, 15) is 8.78 Å². The standard InChI is InChI=1S/C11H12BrF2N/c12-7-4-8(13)10(9(14)5-7)11(15)6-2-1-3-6/h4-6,11H,1-3,15H2/t11-/m0/s1. The molecule has 1 aromatic rings. The Morgan fingerprint density at radius 2 is 1.80 bits per heavy atom. The molecule has 0 unspecified atom stereocenters. The SMILES string of the molecule is N[C@H](c1c(F)cc(Br)cc1F)C1CCC1. The topological polar surface area (TPSA) is 26.0 Å². The van der Waals surface area contributed by atoms with Gasteiger partial charge in [-0.15, -0.1) is 0 Å². The van der Waals surface area contributed by atoms with Crippen LogP contribution in [0.15, 0.2) is 16.6 Å². The number of rotatable bonds is 2. The van der Waals surface area contributed by atoms with Crippen LogP contribution in [0.4, 0.5) is 8.78 Å². The van der Waals surface area contributed by atoms with E-state index in [2.05, 4.69) is 15.9 Å². The van der Waals surface area contributed by atoms with Crippen molar-refractivity contribution in [3.05, 3.63) is 33.8 Å². The van der Waals surface area contributed by atoms with Crippen molar-refractivity contribution in [1.29, 1.82) is 0 Å². The zero-order valence-electron chi connectivity index (χ0n) is 8.14. The summed E-state index contributed by atoms with van der Waals surface area (Å²) in [5.41, 5.74) is 5.89. The highest BCUT2D eigenvalue weighted by Gasteiger charge is 2.29. The van der Waals surface area contributed by atoms with Crippen molar-refractivity contribution in [1.82, 2.24) is 0 Å². The van der Waals surface area contributed by atoms with Crippen LogP contribution in [0.5, 0.6) is 0 Å². The highest BCUT2D eigenvalue weighted by molar-refractivity contribution is 9.10. The number of nitrogens with two attached hydrogens (primary N) is 1. The Balaban J connectivity index is 2.33. The molecule has 0 spiro atoms. The minimum absolute atomic E-state index is 0.0305. The van der Waals surface area contributed by atoms with E-state index in [4.69, 9.17) is 5.73 Å². The van der Waals surface area contributed by atoms with Gasteiger partial charge in [0.1, 0.15) is 11.6 Å². The molecule has 15 heavy (non-hydrogen) atoms. The lowest BCUT2D eigenvalue weighted by molar-refractivity contribution is 0.256. The van der Waals surface area contributed by atoms with Crippen molar-refractivity contribution in [3.63, 3.8) is 0 Å². The molecule has 1 nitrogen and oxygen atoms in total. The molecule has 1 saturated carbocycles. The van der Waals surface area contributed by atoms with Crippen LogP contribution in [0.3, 0.4) is 0 Å². The fourth-order valence-electron chi connectivity index (χ4n) is 1.91. The van der Waals surface area contributed by atoms with Crippen LogP contribution in [0.2, 0.25) is 0 Å². The van der Waals surface area contributed by atoms with Crippen LogP contribution in [0.1, 0.15) is 30.9 Å². The van der Waals surface area contributed by atoms with Crippen molar-refractivity contribution in [3.8, 4) is 0 Å². The molecule has 1 atom stereocenters. The Hall–Kier alpha value is -0.480. The normalized spacial score (nSPS) is 18.7. The Kier molecular flexibility index (Phi) is 3.07. The Labute approximate surface area is 95.8 Å². The smallest absolute Gasteiger partial charge is 0.132 e. The average molecular weight is 276 g/mol. The van der Waals surface area contributed by atoms with E-state index >= 15 is 0 Å². The third-order valence-corrected chi connectivity index (χ3v) is 3.49. The lowest BCUT2D eigenvalue weighted by Crippen LogP contribution is -2.28. The van der Waals surface area contributed by atoms with E-state index < -0.39 is 17.7 Å². The molecule has 0 heterocycles. The molecule has 0 aliphatic heterocycles. The summed E-state index contributed by atoms with van der Waals surface area (Å²) >= 11 is 3.04. The second kappa shape index (κ2) is 4.18. The predicted molar refractivity (Wildman–Crippen MR) is 58.3 cm³/mol. The molecule has 1 aliphatic rings. The average Bonchev–Trinajstić information content (AvgIpc) is 1.97. The molecule has 4 heteroatoms. The maximum Gasteiger partial charge on any atom is 0.132 e. The van der Waals surface area contributed by atoms with Crippen LogP contribution in [0.25, 0.3) is 0 Å². The maximum absolute atomic E-state index is 13.5. The van der Waals surface area contributed by atoms with Gasteiger partial charge in [-0.1, -0.05) is 22.4 Å². The van der Waals surface area contributed by atoms with E-state index in [0.29, 0.717) is 4.47 Å². The summed E-state index contributed by atoms with van der Waals surface area (Å²) in [6.45, 7) is 0. The molecule has 2 rings (SSSR count). The monoisotopic (exact) mass is 275 g/mol. The van der Waals surface area contributed by atoms with Gasteiger partial charge in [-0.25, -0.2) is 8.78 Å². The molecule has 1 aliphatic carbocycles. The molecule has 2 N–H and O–H groups in total. The fraction of sp³-hybridized carbons (Fsp3) is 0.455. The first-order chi connectivity index (χ1) is 7.09. The highest BCUT2D eigenvalue weighted by atomic mass is 79.9. The Morgan fingerprint density at radius 3 is 2.20 bits per heavy atom. The van der Waals surface area contributed by atoms with Gasteiger partial charge in [0.15, 0.2) is 0 Å². The minimum Gasteiger partial charge on any atom is -0.324 e. The molecule has 0 aromatic heterocycles. The summed E-state index contributed by atoms with van der Waals surface area (Å²) in [7, 11) is 0. The quantitative estimate of drug-likeness (QED) is 0.878. The molecule has 0 amide bonds. The Bertz CT molecular complexity index is 354. The Morgan fingerprint density at radius 1 is 1.27 bits per heavy atom. The number of benzene rings is 1. The van der Waals surface area contributed by atoms with E-state index in [-0.39, 0.29) is 11.5 Å². The largest absolute Gasteiger partial charge is 0.324 e. The first kappa shape index (κ1) is 11.0. The van der Waals surface area contributed by atoms with Crippen LogP contribution in [0, 0.1) is 17.6 Å². The summed E-state index contributed by atoms with van der Waals surface area (Å²) in [6.07, 6.45) is 3.05. The van der Waals surface area contributed by atoms with Crippen LogP contribution in [-0.4, -0.2) is 0 Å². The maximum atomic E-state index is 13.5. The second-order valence-electron chi connectivity index (χ2n) is 4.00. The van der Waals surface area contributed by atoms with Gasteiger partial charge in [0, 0.05) is 16.1 Å². The van der Waals surface area contributed by atoms with E-state index in [1.807, 2.05) is 0 Å². The molecular formula is C11H12BrF2N. The van der Waals surface area contributed by atoms with Crippen LogP contribution in [-0.2, 0) is 0 Å². The van der Waals surface area contributed by atoms with Crippen molar-refractivity contribution in [2.45, 2.75) is 25.3 Å². The summed E-state index contributed by atoms with van der Waals surface area (Å²) in [5, 5.41) is 0. The molecule has 0 bridgehead atoms. The molecule has 0 saturated heterocycles. The summed E-state index contributed by atoms with van der Waals surface area (Å²) in [4.78, 5) is 0. The van der Waals surface area contributed by atoms with E-state index in [1.54, 1.807) is 0 Å². The lowest BCUT2D eigenvalue weighted by Gasteiger charge is -2.31. The van der Waals surface area contributed by atoms with Gasteiger partial charge in [-0.3, -0.25) is 0 Å². The number of halogens is 3. The number of hydrogen-bond donors (Lipinski definition) is 1. The van der Waals surface area contributed by atoms with Gasteiger partial charge in [-0.2, -0.15) is 0 Å². The van der Waals surface area contributed by atoms with Gasteiger partial charge >= 0.3 is 0 Å². The first-order valence-corrected chi connectivity index (χ1v) is 5.79. The van der Waals surface area contributed by atoms with Gasteiger partial charge in [-0.05, 0) is 30.9 Å². The molecule has 0 radical (unpaired) electrons. The van der Waals surface area contributed by atoms with E-state index in [1.165, 1.54) is 12.1 Å². The van der Waals surface area contributed by atoms with Crippen molar-refractivity contribution < 1.29 is 8.78 Å². The van der Waals surface area contributed by atoms with Gasteiger partial charge in [0.05, 0.1) is 0 Å². The van der Waals surface area contributed by atoms with Gasteiger partial charge < -0.3 is 5.73 Å². The van der Waals surface area contributed by atoms with Crippen molar-refractivity contribution in [2.75, 3.05) is 0 Å². The van der Waals surface area contributed by atoms with Gasteiger partial charge in [0.2, 0.25) is 0 Å². The summed E-state index contributed by atoms with van der Waals surface area (Å²) in [5.74, 6) is -0.877. The highest BCUT2D eigenvalue weighted by Crippen LogP contribution is 2.38. The van der Waals surface area contributed by atoms with Crippen LogP contribution >= 0.6 is 15.9 Å². The molecule has 1 aromatic carbocycles. The van der Waals surface area contributed by atoms with Crippen LogP contribution < -0.4 is 5.73 Å². The molecule has 82 valence electrons. The van der Waals surface area contributed by atoms with E-state index in [0.717, 1.165) is 19.3 Å². The van der Waals surface area contributed by atoms with Crippen molar-refractivity contribution in [2.24, 2.45) is 11.7 Å². The zero-order valence-corrected chi connectivity index (χ0v) is 9.73. The first-order valence-electron chi connectivity index (χ1n) is 4.99. The fourth-order valence-corrected chi connectivity index (χ4v) is 2.31. The lowest BCUT2D eigenvalue weighted by atomic mass is 9.77. The third kappa shape index (κ3) is 2.06. The van der Waals surface area contributed by atoms with Crippen molar-refractivity contribution >= 4 is 15.9 Å². The second-order valence-corrected chi connectivity index (χ2v) is 4.92. The third-order valence-electron chi connectivity index (χ3n) is 3.03.